The summed E-state index contributed by atoms with van der Waals surface area (Å²) >= 11 is 0. The molecule has 0 amide bonds. The van der Waals surface area contributed by atoms with E-state index in [0.29, 0.717) is 6.54 Å². The van der Waals surface area contributed by atoms with Gasteiger partial charge in [0.2, 0.25) is 0 Å². The first kappa shape index (κ1) is 12.3. The Bertz CT molecular complexity index is 543. The minimum Gasteiger partial charge on any atom is -0.306 e. The maximum absolute atomic E-state index is 9.01. The second-order valence-corrected chi connectivity index (χ2v) is 4.15. The summed E-state index contributed by atoms with van der Waals surface area (Å²) in [7, 11) is 0. The fourth-order valence-corrected chi connectivity index (χ4v) is 1.82. The van der Waals surface area contributed by atoms with Crippen LogP contribution in [0.5, 0.6) is 0 Å². The number of hydrogen-bond acceptors (Lipinski definition) is 3. The summed E-state index contributed by atoms with van der Waals surface area (Å²) in [5.74, 6) is 0. The van der Waals surface area contributed by atoms with E-state index < -0.39 is 0 Å². The predicted octanol–water partition coefficient (Wildman–Crippen LogP) is 2.80. The van der Waals surface area contributed by atoms with Crippen molar-refractivity contribution < 1.29 is 0 Å². The molecule has 0 saturated carbocycles. The highest BCUT2D eigenvalue weighted by molar-refractivity contribution is 5.37. The fourth-order valence-electron chi connectivity index (χ4n) is 1.82. The van der Waals surface area contributed by atoms with Crippen LogP contribution in [0.1, 0.15) is 29.7 Å². The van der Waals surface area contributed by atoms with Crippen molar-refractivity contribution in [1.82, 2.24) is 10.3 Å². The minimum atomic E-state index is 0.236. The summed E-state index contributed by atoms with van der Waals surface area (Å²) in [6.07, 6.45) is 3.58. The van der Waals surface area contributed by atoms with Crippen molar-refractivity contribution in [2.24, 2.45) is 0 Å². The molecule has 18 heavy (non-hydrogen) atoms. The third-order valence-corrected chi connectivity index (χ3v) is 2.94. The molecule has 0 bridgehead atoms. The van der Waals surface area contributed by atoms with Crippen molar-refractivity contribution in [2.45, 2.75) is 19.5 Å². The van der Waals surface area contributed by atoms with Crippen LogP contribution in [0.25, 0.3) is 0 Å². The first-order valence-electron chi connectivity index (χ1n) is 5.92. The Morgan fingerprint density at radius 1 is 1.22 bits per heavy atom. The molecule has 0 aliphatic rings. The Morgan fingerprint density at radius 3 is 2.67 bits per heavy atom. The van der Waals surface area contributed by atoms with Gasteiger partial charge in [-0.15, -0.1) is 0 Å². The first-order valence-corrected chi connectivity index (χ1v) is 5.92. The molecule has 90 valence electrons. The van der Waals surface area contributed by atoms with Crippen molar-refractivity contribution >= 4 is 0 Å². The maximum atomic E-state index is 9.01. The van der Waals surface area contributed by atoms with Crippen LogP contribution >= 0.6 is 0 Å². The Balaban J connectivity index is 2.02. The smallest absolute Gasteiger partial charge is 0.0995 e. The molecular formula is C15H15N3. The van der Waals surface area contributed by atoms with Gasteiger partial charge in [0.05, 0.1) is 11.6 Å². The lowest BCUT2D eigenvalue weighted by Crippen LogP contribution is -2.18. The van der Waals surface area contributed by atoms with Gasteiger partial charge in [0, 0.05) is 25.0 Å². The molecule has 3 nitrogen and oxygen atoms in total. The van der Waals surface area contributed by atoms with Gasteiger partial charge in [0.25, 0.3) is 0 Å². The molecule has 0 fully saturated rings. The standard InChI is InChI=1S/C15H15N3/c1-12(13-6-8-17-9-7-13)18-11-15-5-3-2-4-14(15)10-16/h2-9,12,18H,11H2,1H3/t12-/m0/s1. The zero-order valence-corrected chi connectivity index (χ0v) is 10.3. The van der Waals surface area contributed by atoms with Crippen molar-refractivity contribution in [3.05, 3.63) is 65.5 Å². The van der Waals surface area contributed by atoms with Crippen molar-refractivity contribution in [3.63, 3.8) is 0 Å². The van der Waals surface area contributed by atoms with Gasteiger partial charge in [-0.3, -0.25) is 4.98 Å². The number of nitrogens with one attached hydrogen (secondary N) is 1. The number of nitriles is 1. The minimum absolute atomic E-state index is 0.236. The van der Waals surface area contributed by atoms with E-state index in [-0.39, 0.29) is 6.04 Å². The van der Waals surface area contributed by atoms with Gasteiger partial charge in [-0.2, -0.15) is 5.26 Å². The van der Waals surface area contributed by atoms with Crippen LogP contribution in [0.3, 0.4) is 0 Å². The van der Waals surface area contributed by atoms with Crippen LogP contribution in [-0.2, 0) is 6.54 Å². The topological polar surface area (TPSA) is 48.7 Å². The zero-order chi connectivity index (χ0) is 12.8. The lowest BCUT2D eigenvalue weighted by Gasteiger charge is -2.14. The first-order chi connectivity index (χ1) is 8.81. The van der Waals surface area contributed by atoms with Crippen LogP contribution in [0, 0.1) is 11.3 Å². The normalized spacial score (nSPS) is 11.8. The predicted molar refractivity (Wildman–Crippen MR) is 70.6 cm³/mol. The Hall–Kier alpha value is -2.18. The highest BCUT2D eigenvalue weighted by Crippen LogP contribution is 2.13. The second kappa shape index (κ2) is 5.95. The molecule has 0 radical (unpaired) electrons. The van der Waals surface area contributed by atoms with E-state index in [1.54, 1.807) is 12.4 Å². The number of aromatic nitrogens is 1. The second-order valence-electron chi connectivity index (χ2n) is 4.15. The van der Waals surface area contributed by atoms with Crippen molar-refractivity contribution in [2.75, 3.05) is 0 Å². The summed E-state index contributed by atoms with van der Waals surface area (Å²) in [5.41, 5.74) is 2.95. The molecule has 0 saturated heterocycles. The molecule has 0 aliphatic heterocycles. The molecule has 1 heterocycles. The highest BCUT2D eigenvalue weighted by Gasteiger charge is 2.06. The molecule has 2 rings (SSSR count). The van der Waals surface area contributed by atoms with Gasteiger partial charge in [-0.25, -0.2) is 0 Å². The number of hydrogen-bond donors (Lipinski definition) is 1. The SMILES string of the molecule is C[C@H](NCc1ccccc1C#N)c1ccncc1. The summed E-state index contributed by atoms with van der Waals surface area (Å²) in [4.78, 5) is 4.00. The van der Waals surface area contributed by atoms with Crippen molar-refractivity contribution in [3.8, 4) is 6.07 Å². The maximum Gasteiger partial charge on any atom is 0.0995 e. The summed E-state index contributed by atoms with van der Waals surface area (Å²) in [6.45, 7) is 2.79. The average Bonchev–Trinajstić information content (AvgIpc) is 2.46. The molecule has 1 N–H and O–H groups in total. The molecule has 0 aliphatic carbocycles. The van der Waals surface area contributed by atoms with Gasteiger partial charge < -0.3 is 5.32 Å². The number of nitrogens with zero attached hydrogens (tertiary/aromatic N) is 2. The average molecular weight is 237 g/mol. The summed E-state index contributed by atoms with van der Waals surface area (Å²) in [5, 5.41) is 12.4. The van der Waals surface area contributed by atoms with Crippen LogP contribution in [-0.4, -0.2) is 4.98 Å². The molecule has 0 unspecified atom stereocenters. The molecule has 2 aromatic rings. The molecule has 0 spiro atoms. The van der Waals surface area contributed by atoms with Gasteiger partial charge in [0.1, 0.15) is 0 Å². The van der Waals surface area contributed by atoms with Gasteiger partial charge in [-0.1, -0.05) is 18.2 Å². The van der Waals surface area contributed by atoms with E-state index in [9.17, 15) is 0 Å². The molecule has 1 atom stereocenters. The third kappa shape index (κ3) is 2.93. The fraction of sp³-hybridized carbons (Fsp3) is 0.200. The van der Waals surface area contributed by atoms with E-state index >= 15 is 0 Å². The Labute approximate surface area is 107 Å². The van der Waals surface area contributed by atoms with Crippen LogP contribution in [0.4, 0.5) is 0 Å². The van der Waals surface area contributed by atoms with Crippen molar-refractivity contribution in [1.29, 1.82) is 5.26 Å². The quantitative estimate of drug-likeness (QED) is 0.889. The summed E-state index contributed by atoms with van der Waals surface area (Å²) < 4.78 is 0. The lowest BCUT2D eigenvalue weighted by molar-refractivity contribution is 0.573. The zero-order valence-electron chi connectivity index (χ0n) is 10.3. The molecule has 1 aromatic heterocycles. The number of pyridine rings is 1. The van der Waals surface area contributed by atoms with Crippen LogP contribution < -0.4 is 5.32 Å². The number of rotatable bonds is 4. The van der Waals surface area contributed by atoms with Gasteiger partial charge in [0.15, 0.2) is 0 Å². The largest absolute Gasteiger partial charge is 0.306 e. The van der Waals surface area contributed by atoms with Gasteiger partial charge >= 0.3 is 0 Å². The lowest BCUT2D eigenvalue weighted by atomic mass is 10.1. The van der Waals surface area contributed by atoms with Crippen LogP contribution in [0.15, 0.2) is 48.8 Å². The Kier molecular flexibility index (Phi) is 4.06. The molecule has 3 heteroatoms. The van der Waals surface area contributed by atoms with E-state index in [4.69, 9.17) is 5.26 Å². The van der Waals surface area contributed by atoms with E-state index in [0.717, 1.165) is 11.1 Å². The van der Waals surface area contributed by atoms with Gasteiger partial charge in [-0.05, 0) is 36.2 Å². The highest BCUT2D eigenvalue weighted by atomic mass is 14.9. The van der Waals surface area contributed by atoms with E-state index in [1.807, 2.05) is 36.4 Å². The molecular weight excluding hydrogens is 222 g/mol. The monoisotopic (exact) mass is 237 g/mol. The summed E-state index contributed by atoms with van der Waals surface area (Å²) in [6, 6.07) is 14.1. The Morgan fingerprint density at radius 2 is 1.94 bits per heavy atom. The third-order valence-electron chi connectivity index (χ3n) is 2.94. The number of benzene rings is 1. The van der Waals surface area contributed by atoms with E-state index in [2.05, 4.69) is 23.3 Å². The molecule has 1 aromatic carbocycles. The van der Waals surface area contributed by atoms with E-state index in [1.165, 1.54) is 5.56 Å². The van der Waals surface area contributed by atoms with Crippen LogP contribution in [0.2, 0.25) is 0 Å².